The van der Waals surface area contributed by atoms with Gasteiger partial charge >= 0.3 is 0 Å². The quantitative estimate of drug-likeness (QED) is 0.814. The normalized spacial score (nSPS) is 21.5. The summed E-state index contributed by atoms with van der Waals surface area (Å²) in [5, 5.41) is -0.988. The standard InChI is InChI=1S/C12H13FO3S/c13-9-4-3-5-10(8-9)17(15,16)12-7-2-1-6-11(12)14/h3-5,8,12H,1-2,6-7H2. The van der Waals surface area contributed by atoms with Gasteiger partial charge in [0.2, 0.25) is 0 Å². The topological polar surface area (TPSA) is 51.2 Å². The van der Waals surface area contributed by atoms with Gasteiger partial charge in [0.15, 0.2) is 15.6 Å². The first-order valence-corrected chi connectivity index (χ1v) is 7.08. The van der Waals surface area contributed by atoms with E-state index in [9.17, 15) is 17.6 Å². The molecule has 0 bridgehead atoms. The predicted octanol–water partition coefficient (Wildman–Crippen LogP) is 2.11. The van der Waals surface area contributed by atoms with Crippen molar-refractivity contribution >= 4 is 15.6 Å². The van der Waals surface area contributed by atoms with E-state index in [0.717, 1.165) is 18.9 Å². The molecule has 1 unspecified atom stereocenters. The van der Waals surface area contributed by atoms with Crippen molar-refractivity contribution in [1.82, 2.24) is 0 Å². The van der Waals surface area contributed by atoms with Gasteiger partial charge in [-0.1, -0.05) is 12.5 Å². The molecule has 2 rings (SSSR count). The van der Waals surface area contributed by atoms with Crippen molar-refractivity contribution in [1.29, 1.82) is 0 Å². The van der Waals surface area contributed by atoms with Crippen LogP contribution in [0.15, 0.2) is 29.2 Å². The lowest BCUT2D eigenvalue weighted by atomic mass is 9.99. The minimum absolute atomic E-state index is 0.0993. The van der Waals surface area contributed by atoms with E-state index in [4.69, 9.17) is 0 Å². The Hall–Kier alpha value is -1.23. The summed E-state index contributed by atoms with van der Waals surface area (Å²) in [7, 11) is -3.72. The second-order valence-electron chi connectivity index (χ2n) is 4.20. The van der Waals surface area contributed by atoms with Crippen LogP contribution in [0.25, 0.3) is 0 Å². The fraction of sp³-hybridized carbons (Fsp3) is 0.417. The van der Waals surface area contributed by atoms with E-state index in [1.807, 2.05) is 0 Å². The summed E-state index contributed by atoms with van der Waals surface area (Å²) in [5.41, 5.74) is 0. The minimum Gasteiger partial charge on any atom is -0.298 e. The molecule has 0 N–H and O–H groups in total. The first-order valence-electron chi connectivity index (χ1n) is 5.54. The molecule has 0 aromatic heterocycles. The van der Waals surface area contributed by atoms with Crippen LogP contribution in [-0.2, 0) is 14.6 Å². The molecule has 0 amide bonds. The van der Waals surface area contributed by atoms with E-state index in [0.29, 0.717) is 12.8 Å². The highest BCUT2D eigenvalue weighted by molar-refractivity contribution is 7.92. The van der Waals surface area contributed by atoms with Crippen molar-refractivity contribution in [3.05, 3.63) is 30.1 Å². The number of hydrogen-bond acceptors (Lipinski definition) is 3. The number of ketones is 1. The van der Waals surface area contributed by atoms with E-state index < -0.39 is 20.9 Å². The number of benzene rings is 1. The monoisotopic (exact) mass is 256 g/mol. The maximum atomic E-state index is 13.0. The first-order chi connectivity index (χ1) is 8.01. The largest absolute Gasteiger partial charge is 0.298 e. The number of carbonyl (C=O) groups excluding carboxylic acids is 1. The molecule has 1 aromatic carbocycles. The molecule has 1 aliphatic rings. The summed E-state index contributed by atoms with van der Waals surface area (Å²) >= 11 is 0. The number of Topliss-reactive ketones (excluding diaryl/α,β-unsaturated/α-hetero) is 1. The van der Waals surface area contributed by atoms with Crippen LogP contribution in [0.5, 0.6) is 0 Å². The summed E-state index contributed by atoms with van der Waals surface area (Å²) < 4.78 is 37.3. The highest BCUT2D eigenvalue weighted by atomic mass is 32.2. The molecular weight excluding hydrogens is 243 g/mol. The smallest absolute Gasteiger partial charge is 0.188 e. The third-order valence-electron chi connectivity index (χ3n) is 3.00. The van der Waals surface area contributed by atoms with Crippen LogP contribution in [0.3, 0.4) is 0 Å². The SMILES string of the molecule is O=C1CCCCC1S(=O)(=O)c1cccc(F)c1. The zero-order valence-electron chi connectivity index (χ0n) is 9.23. The second kappa shape index (κ2) is 4.56. The van der Waals surface area contributed by atoms with Crippen molar-refractivity contribution in [2.75, 3.05) is 0 Å². The van der Waals surface area contributed by atoms with Crippen LogP contribution in [-0.4, -0.2) is 19.5 Å². The molecule has 0 saturated heterocycles. The Kier molecular flexibility index (Phi) is 3.28. The number of carbonyl (C=O) groups is 1. The maximum Gasteiger partial charge on any atom is 0.188 e. The van der Waals surface area contributed by atoms with Crippen molar-refractivity contribution < 1.29 is 17.6 Å². The molecule has 0 radical (unpaired) electrons. The van der Waals surface area contributed by atoms with Crippen LogP contribution in [0.2, 0.25) is 0 Å². The van der Waals surface area contributed by atoms with Gasteiger partial charge in [0.1, 0.15) is 11.1 Å². The molecule has 3 nitrogen and oxygen atoms in total. The Bertz CT molecular complexity index is 536. The van der Waals surface area contributed by atoms with Gasteiger partial charge < -0.3 is 0 Å². The van der Waals surface area contributed by atoms with Gasteiger partial charge in [-0.15, -0.1) is 0 Å². The lowest BCUT2D eigenvalue weighted by Gasteiger charge is -2.20. The minimum atomic E-state index is -3.72. The Morgan fingerprint density at radius 2 is 2.00 bits per heavy atom. The lowest BCUT2D eigenvalue weighted by molar-refractivity contribution is -0.119. The second-order valence-corrected chi connectivity index (χ2v) is 6.33. The van der Waals surface area contributed by atoms with Crippen molar-refractivity contribution in [3.8, 4) is 0 Å². The number of halogens is 1. The number of rotatable bonds is 2. The average Bonchev–Trinajstić information content (AvgIpc) is 2.29. The van der Waals surface area contributed by atoms with Crippen molar-refractivity contribution in [2.45, 2.75) is 35.8 Å². The van der Waals surface area contributed by atoms with Crippen LogP contribution in [0.1, 0.15) is 25.7 Å². The fourth-order valence-electron chi connectivity index (χ4n) is 2.09. The lowest BCUT2D eigenvalue weighted by Crippen LogP contribution is -2.33. The summed E-state index contributed by atoms with van der Waals surface area (Å²) in [4.78, 5) is 11.5. The zero-order chi connectivity index (χ0) is 12.5. The van der Waals surface area contributed by atoms with E-state index in [2.05, 4.69) is 0 Å². The number of hydrogen-bond donors (Lipinski definition) is 0. The summed E-state index contributed by atoms with van der Waals surface area (Å²) in [6.45, 7) is 0. The average molecular weight is 256 g/mol. The molecule has 1 saturated carbocycles. The van der Waals surface area contributed by atoms with Gasteiger partial charge in [-0.25, -0.2) is 12.8 Å². The molecule has 92 valence electrons. The molecule has 17 heavy (non-hydrogen) atoms. The van der Waals surface area contributed by atoms with Gasteiger partial charge in [-0.2, -0.15) is 0 Å². The molecule has 1 fully saturated rings. The summed E-state index contributed by atoms with van der Waals surface area (Å²) in [6, 6.07) is 4.83. The third-order valence-corrected chi connectivity index (χ3v) is 5.16. The molecule has 0 aliphatic heterocycles. The van der Waals surface area contributed by atoms with Gasteiger partial charge in [-0.3, -0.25) is 4.79 Å². The molecule has 0 spiro atoms. The first kappa shape index (κ1) is 12.2. The van der Waals surface area contributed by atoms with Gasteiger partial charge in [0.25, 0.3) is 0 Å². The van der Waals surface area contributed by atoms with Crippen LogP contribution in [0.4, 0.5) is 4.39 Å². The van der Waals surface area contributed by atoms with Gasteiger partial charge in [0, 0.05) is 6.42 Å². The summed E-state index contributed by atoms with van der Waals surface area (Å²) in [6.07, 6.45) is 2.12. The molecule has 5 heteroatoms. The maximum absolute atomic E-state index is 13.0. The van der Waals surface area contributed by atoms with Gasteiger partial charge in [-0.05, 0) is 31.0 Å². The predicted molar refractivity (Wildman–Crippen MR) is 60.8 cm³/mol. The fourth-order valence-corrected chi connectivity index (χ4v) is 3.90. The van der Waals surface area contributed by atoms with Crippen LogP contribution in [0, 0.1) is 5.82 Å². The van der Waals surface area contributed by atoms with E-state index >= 15 is 0 Å². The van der Waals surface area contributed by atoms with Crippen LogP contribution < -0.4 is 0 Å². The Morgan fingerprint density at radius 3 is 2.65 bits per heavy atom. The summed E-state index contributed by atoms with van der Waals surface area (Å²) in [5.74, 6) is -0.852. The van der Waals surface area contributed by atoms with Crippen LogP contribution >= 0.6 is 0 Å². The zero-order valence-corrected chi connectivity index (χ0v) is 10.0. The van der Waals surface area contributed by atoms with Crippen molar-refractivity contribution in [2.24, 2.45) is 0 Å². The van der Waals surface area contributed by atoms with E-state index in [1.54, 1.807) is 0 Å². The van der Waals surface area contributed by atoms with Gasteiger partial charge in [0.05, 0.1) is 4.90 Å². The van der Waals surface area contributed by atoms with E-state index in [1.165, 1.54) is 18.2 Å². The molecule has 1 atom stereocenters. The molecule has 0 heterocycles. The number of sulfone groups is 1. The van der Waals surface area contributed by atoms with E-state index in [-0.39, 0.29) is 10.7 Å². The Labute approximate surface area is 99.6 Å². The molecular formula is C12H13FO3S. The third kappa shape index (κ3) is 2.39. The Morgan fingerprint density at radius 1 is 1.24 bits per heavy atom. The highest BCUT2D eigenvalue weighted by Gasteiger charge is 2.35. The molecule has 1 aromatic rings. The highest BCUT2D eigenvalue weighted by Crippen LogP contribution is 2.26. The molecule has 1 aliphatic carbocycles. The Balaban J connectivity index is 2.39. The van der Waals surface area contributed by atoms with Crippen molar-refractivity contribution in [3.63, 3.8) is 0 Å².